The molecule has 0 heterocycles. The molecule has 0 unspecified atom stereocenters. The average Bonchev–Trinajstić information content (AvgIpc) is 2.72. The van der Waals surface area contributed by atoms with Gasteiger partial charge in [-0.25, -0.2) is 0 Å². The summed E-state index contributed by atoms with van der Waals surface area (Å²) in [7, 11) is 0. The molecular formula is C28H46O3Sn2. The molecule has 0 N–H and O–H groups in total. The number of aryl methyl sites for hydroxylation is 2. The van der Waals surface area contributed by atoms with Gasteiger partial charge in [0, 0.05) is 0 Å². The van der Waals surface area contributed by atoms with Gasteiger partial charge in [-0.1, -0.05) is 0 Å². The summed E-state index contributed by atoms with van der Waals surface area (Å²) in [4.78, 5) is 8.86. The van der Waals surface area contributed by atoms with Crippen LogP contribution in [0.3, 0.4) is 0 Å². The molecule has 0 saturated heterocycles. The summed E-state index contributed by atoms with van der Waals surface area (Å²) in [5.41, 5.74) is 5.34. The number of rotatable bonds is 14. The Bertz CT molecular complexity index is 806. The first-order valence-corrected chi connectivity index (χ1v) is 28.9. The summed E-state index contributed by atoms with van der Waals surface area (Å²) >= 11 is -6.53. The van der Waals surface area contributed by atoms with Gasteiger partial charge in [0.1, 0.15) is 0 Å². The van der Waals surface area contributed by atoms with Crippen molar-refractivity contribution in [2.45, 2.75) is 98.8 Å². The van der Waals surface area contributed by atoms with Gasteiger partial charge in [0.15, 0.2) is 0 Å². The molecular weight excluding hydrogens is 622 g/mol. The monoisotopic (exact) mass is 670 g/mol. The van der Waals surface area contributed by atoms with Crippen molar-refractivity contribution >= 4 is 38.4 Å². The molecule has 0 saturated carbocycles. The molecule has 0 aliphatic heterocycles. The summed E-state index contributed by atoms with van der Waals surface area (Å²) in [6.45, 7) is 8.88. The summed E-state index contributed by atoms with van der Waals surface area (Å²) in [6, 6.07) is 12.9. The topological polar surface area (TPSA) is 27.7 Å². The minimum absolute atomic E-state index is 1.00. The Kier molecular flexibility index (Phi) is 11.9. The van der Waals surface area contributed by atoms with Crippen LogP contribution in [-0.2, 0) is 14.3 Å². The molecule has 0 fully saturated rings. The number of hydrogen-bond donors (Lipinski definition) is 0. The quantitative estimate of drug-likeness (QED) is 0.149. The normalized spacial score (nSPS) is 12.1. The Morgan fingerprint density at radius 3 is 1.36 bits per heavy atom. The van der Waals surface area contributed by atoms with Gasteiger partial charge >= 0.3 is 215 Å². The van der Waals surface area contributed by atoms with Gasteiger partial charge < -0.3 is 0 Å². The molecule has 0 aliphatic rings. The molecule has 0 bridgehead atoms. The molecule has 0 atom stereocenters. The molecule has 184 valence electrons. The molecule has 2 rings (SSSR count). The van der Waals surface area contributed by atoms with Crippen LogP contribution in [0.2, 0.25) is 19.8 Å². The van der Waals surface area contributed by atoms with Gasteiger partial charge in [-0.2, -0.15) is 0 Å². The Labute approximate surface area is 213 Å². The van der Waals surface area contributed by atoms with E-state index in [9.17, 15) is 0 Å². The van der Waals surface area contributed by atoms with Crippen LogP contribution in [0.4, 0.5) is 0 Å². The standard InChI is InChI=1S/2C12H18O.4CH3.O.2Sn/c2*1-3-4-5-7-11-8-6-9-12(13)10(11)2;;;;;;;/h2*6,8-9,13H,3-5,7H2,1-2H3;4*1H3;;;/q;;;;;;;2*+1/p-2. The van der Waals surface area contributed by atoms with Crippen LogP contribution in [0.1, 0.15) is 74.6 Å². The van der Waals surface area contributed by atoms with E-state index in [1.54, 1.807) is 0 Å². The third kappa shape index (κ3) is 9.64. The first-order chi connectivity index (χ1) is 15.6. The zero-order valence-corrected chi connectivity index (χ0v) is 28.1. The van der Waals surface area contributed by atoms with E-state index in [1.165, 1.54) is 60.8 Å². The van der Waals surface area contributed by atoms with Gasteiger partial charge in [-0.3, -0.25) is 0 Å². The summed E-state index contributed by atoms with van der Waals surface area (Å²) in [5.74, 6) is 2.00. The van der Waals surface area contributed by atoms with Crippen LogP contribution in [0, 0.1) is 13.8 Å². The predicted molar refractivity (Wildman–Crippen MR) is 146 cm³/mol. The Morgan fingerprint density at radius 1 is 0.606 bits per heavy atom. The molecule has 0 amide bonds. The molecule has 0 radical (unpaired) electrons. The van der Waals surface area contributed by atoms with Crippen LogP contribution in [-0.4, -0.2) is 38.4 Å². The van der Waals surface area contributed by atoms with Crippen molar-refractivity contribution in [2.24, 2.45) is 0 Å². The van der Waals surface area contributed by atoms with Crippen molar-refractivity contribution in [2.75, 3.05) is 0 Å². The summed E-state index contributed by atoms with van der Waals surface area (Å²) < 4.78 is 20.1. The van der Waals surface area contributed by atoms with Gasteiger partial charge in [0.25, 0.3) is 0 Å². The molecule has 0 aliphatic carbocycles. The predicted octanol–water partition coefficient (Wildman–Crippen LogP) is 8.65. The van der Waals surface area contributed by atoms with E-state index >= 15 is 0 Å². The molecule has 3 nitrogen and oxygen atoms in total. The molecule has 0 spiro atoms. The number of unbranched alkanes of at least 4 members (excludes halogenated alkanes) is 4. The second-order valence-electron chi connectivity index (χ2n) is 10.1. The van der Waals surface area contributed by atoms with E-state index in [-0.39, 0.29) is 0 Å². The fraction of sp³-hybridized carbons (Fsp3) is 0.571. The third-order valence-corrected chi connectivity index (χ3v) is 31.8. The van der Waals surface area contributed by atoms with Crippen LogP contribution in [0.25, 0.3) is 0 Å². The van der Waals surface area contributed by atoms with E-state index in [0.29, 0.717) is 0 Å². The first-order valence-electron chi connectivity index (χ1n) is 12.8. The van der Waals surface area contributed by atoms with E-state index in [1.807, 2.05) is 0 Å². The number of benzene rings is 2. The zero-order chi connectivity index (χ0) is 24.5. The van der Waals surface area contributed by atoms with Gasteiger partial charge in [0.2, 0.25) is 0 Å². The van der Waals surface area contributed by atoms with E-state index in [2.05, 4.69) is 83.9 Å². The minimum atomic E-state index is -3.27. The van der Waals surface area contributed by atoms with Gasteiger partial charge in [0.05, 0.1) is 0 Å². The van der Waals surface area contributed by atoms with Crippen molar-refractivity contribution < 1.29 is 7.56 Å². The summed E-state index contributed by atoms with van der Waals surface area (Å²) in [5, 5.41) is 0. The van der Waals surface area contributed by atoms with Crippen LogP contribution in [0.5, 0.6) is 11.5 Å². The van der Waals surface area contributed by atoms with Crippen molar-refractivity contribution in [3.63, 3.8) is 0 Å². The van der Waals surface area contributed by atoms with Gasteiger partial charge in [-0.15, -0.1) is 0 Å². The van der Waals surface area contributed by atoms with Crippen molar-refractivity contribution in [1.82, 2.24) is 0 Å². The van der Waals surface area contributed by atoms with Crippen LogP contribution >= 0.6 is 0 Å². The van der Waals surface area contributed by atoms with Crippen LogP contribution in [0.15, 0.2) is 36.4 Å². The number of hydrogen-bond acceptors (Lipinski definition) is 3. The molecule has 2 aromatic rings. The Morgan fingerprint density at radius 2 is 1.00 bits per heavy atom. The SMILES string of the molecule is CCCCCc1cccc([O][Sn]([CH3])([CH3])[O][Sn]([CH3])([CH3])[O]c2cccc(CCCCC)c2C)c1C. The van der Waals surface area contributed by atoms with E-state index in [0.717, 1.165) is 24.3 Å². The molecule has 33 heavy (non-hydrogen) atoms. The van der Waals surface area contributed by atoms with E-state index < -0.39 is 38.4 Å². The fourth-order valence-electron chi connectivity index (χ4n) is 4.38. The first kappa shape index (κ1) is 28.8. The van der Waals surface area contributed by atoms with Crippen LogP contribution < -0.4 is 6.15 Å². The molecule has 5 heteroatoms. The third-order valence-electron chi connectivity index (χ3n) is 6.09. The second kappa shape index (κ2) is 13.6. The summed E-state index contributed by atoms with van der Waals surface area (Å²) in [6.07, 6.45) is 9.75. The maximum atomic E-state index is 6.80. The maximum absolute atomic E-state index is 6.80. The van der Waals surface area contributed by atoms with Gasteiger partial charge in [-0.05, 0) is 0 Å². The average molecular weight is 668 g/mol. The zero-order valence-electron chi connectivity index (χ0n) is 22.3. The fourth-order valence-corrected chi connectivity index (χ4v) is 36.5. The molecule has 0 aromatic heterocycles. The Balaban J connectivity index is 2.08. The second-order valence-corrected chi connectivity index (χ2v) is 31.7. The van der Waals surface area contributed by atoms with E-state index in [4.69, 9.17) is 7.56 Å². The molecule has 2 aromatic carbocycles. The van der Waals surface area contributed by atoms with Crippen molar-refractivity contribution in [1.29, 1.82) is 0 Å². The van der Waals surface area contributed by atoms with Crippen molar-refractivity contribution in [3.05, 3.63) is 58.7 Å². The Hall–Kier alpha value is -0.403. The van der Waals surface area contributed by atoms with Crippen molar-refractivity contribution in [3.8, 4) is 11.5 Å².